The van der Waals surface area contributed by atoms with E-state index in [0.717, 1.165) is 5.56 Å². The van der Waals surface area contributed by atoms with E-state index >= 15 is 0 Å². The minimum absolute atomic E-state index is 0.0669. The number of rotatable bonds is 6. The zero-order valence-electron chi connectivity index (χ0n) is 20.7. The molecule has 0 aromatic heterocycles. The molecular formula is C25H35N5O6. The van der Waals surface area contributed by atoms with Crippen LogP contribution in [0.4, 0.5) is 0 Å². The maximum atomic E-state index is 13.3. The minimum atomic E-state index is -0.935. The van der Waals surface area contributed by atoms with Gasteiger partial charge in [0.15, 0.2) is 11.7 Å². The number of nitrogens with one attached hydrogen (secondary N) is 2. The number of benzene rings is 1. The number of guanidine groups is 1. The number of amides is 2. The number of esters is 1. The summed E-state index contributed by atoms with van der Waals surface area (Å²) in [5.41, 5.74) is 11.6. The molecule has 0 unspecified atom stereocenters. The van der Waals surface area contributed by atoms with E-state index in [1.54, 1.807) is 24.3 Å². The molecule has 0 fully saturated rings. The Morgan fingerprint density at radius 1 is 1.17 bits per heavy atom. The molecule has 36 heavy (non-hydrogen) atoms. The van der Waals surface area contributed by atoms with Gasteiger partial charge in [-0.15, -0.1) is 0 Å². The van der Waals surface area contributed by atoms with Crippen molar-refractivity contribution in [3.05, 3.63) is 42.0 Å². The Morgan fingerprint density at radius 3 is 2.53 bits per heavy atom. The summed E-state index contributed by atoms with van der Waals surface area (Å²) >= 11 is 0. The highest BCUT2D eigenvalue weighted by molar-refractivity contribution is 5.93. The van der Waals surface area contributed by atoms with E-state index in [1.165, 1.54) is 14.0 Å². The van der Waals surface area contributed by atoms with Crippen LogP contribution in [0.5, 0.6) is 5.75 Å². The van der Waals surface area contributed by atoms with Crippen molar-refractivity contribution in [1.29, 1.82) is 0 Å². The minimum Gasteiger partial charge on any atom is -0.490 e. The molecule has 6 N–H and O–H groups in total. The molecule has 2 amide bonds. The van der Waals surface area contributed by atoms with Crippen molar-refractivity contribution in [2.75, 3.05) is 20.3 Å². The third kappa shape index (κ3) is 9.77. The maximum absolute atomic E-state index is 13.3. The average molecular weight is 502 g/mol. The Hall–Kier alpha value is -3.89. The number of hydrogen-bond donors (Lipinski definition) is 4. The van der Waals surface area contributed by atoms with Crippen molar-refractivity contribution in [1.82, 2.24) is 10.6 Å². The fourth-order valence-electron chi connectivity index (χ4n) is 3.80. The number of aliphatic imine (C=N–C) groups is 1. The van der Waals surface area contributed by atoms with Gasteiger partial charge in [-0.1, -0.05) is 24.3 Å². The van der Waals surface area contributed by atoms with Crippen LogP contribution in [0.1, 0.15) is 38.2 Å². The zero-order valence-corrected chi connectivity index (χ0v) is 20.7. The Kier molecular flexibility index (Phi) is 11.4. The molecule has 11 nitrogen and oxygen atoms in total. The van der Waals surface area contributed by atoms with Crippen LogP contribution in [0.2, 0.25) is 0 Å². The normalized spacial score (nSPS) is 21.0. The van der Waals surface area contributed by atoms with E-state index in [2.05, 4.69) is 15.6 Å². The van der Waals surface area contributed by atoms with E-state index in [0.29, 0.717) is 18.6 Å². The Bertz CT molecular complexity index is 972. The van der Waals surface area contributed by atoms with Gasteiger partial charge in [0.25, 0.3) is 0 Å². The maximum Gasteiger partial charge on any atom is 0.328 e. The number of Topliss-reactive ketones (excluding diaryl/α,β-unsaturated/α-hetero) is 1. The molecule has 2 aliphatic rings. The molecule has 2 heterocycles. The Morgan fingerprint density at radius 2 is 1.89 bits per heavy atom. The summed E-state index contributed by atoms with van der Waals surface area (Å²) in [6.45, 7) is 1.88. The topological polar surface area (TPSA) is 175 Å². The first-order valence-corrected chi connectivity index (χ1v) is 11.8. The number of fused-ring (bicyclic) bond motifs is 13. The molecule has 2 bridgehead atoms. The van der Waals surface area contributed by atoms with Gasteiger partial charge in [-0.2, -0.15) is 0 Å². The second-order valence-electron chi connectivity index (χ2n) is 8.52. The van der Waals surface area contributed by atoms with E-state index in [9.17, 15) is 19.2 Å². The number of ether oxygens (including phenoxy) is 2. The lowest BCUT2D eigenvalue weighted by atomic mass is 9.90. The third-order valence-electron chi connectivity index (χ3n) is 5.64. The SMILES string of the molecule is COC(=O)[C@@H]1CC=CCOc2ccc(cc2)C[C@H](NC(C)=O)C(=O)C[C@@H](CCCN=C(N)N)C(=O)N1. The predicted octanol–water partition coefficient (Wildman–Crippen LogP) is 0.359. The van der Waals surface area contributed by atoms with Gasteiger partial charge < -0.3 is 31.6 Å². The van der Waals surface area contributed by atoms with Crippen LogP contribution in [-0.4, -0.2) is 61.9 Å². The van der Waals surface area contributed by atoms with Gasteiger partial charge in [-0.05, 0) is 43.4 Å². The Labute approximate surface area is 210 Å². The van der Waals surface area contributed by atoms with Gasteiger partial charge in [0.1, 0.15) is 18.4 Å². The number of nitrogens with zero attached hydrogens (tertiary/aromatic N) is 1. The third-order valence-corrected chi connectivity index (χ3v) is 5.64. The van der Waals surface area contributed by atoms with Crippen LogP contribution in [0.15, 0.2) is 41.4 Å². The van der Waals surface area contributed by atoms with Crippen molar-refractivity contribution in [2.24, 2.45) is 22.4 Å². The predicted molar refractivity (Wildman–Crippen MR) is 134 cm³/mol. The number of ketones is 1. The lowest BCUT2D eigenvalue weighted by Gasteiger charge is -2.23. The molecule has 0 saturated heterocycles. The summed E-state index contributed by atoms with van der Waals surface area (Å²) in [6, 6.07) is 5.46. The highest BCUT2D eigenvalue weighted by Gasteiger charge is 2.30. The van der Waals surface area contributed by atoms with Gasteiger partial charge in [0, 0.05) is 25.8 Å². The number of nitrogens with two attached hydrogens (primary N) is 2. The largest absolute Gasteiger partial charge is 0.490 e. The van der Waals surface area contributed by atoms with Crippen molar-refractivity contribution in [2.45, 2.75) is 51.1 Å². The standard InChI is InChI=1S/C25H35N5O6/c1-16(31)29-21-14-17-8-10-19(11-9-17)36-13-4-3-7-20(24(34)35-2)30-23(33)18(15-22(21)32)6-5-12-28-25(26)27/h3-4,8-11,18,20-21H,5-7,12-15H2,1-2H3,(H,29,31)(H,30,33)(H4,26,27,28)/t18-,20+,21+/m1/s1. The molecule has 0 aliphatic carbocycles. The van der Waals surface area contributed by atoms with E-state index < -0.39 is 29.9 Å². The molecule has 2 aliphatic heterocycles. The molecule has 0 saturated carbocycles. The smallest absolute Gasteiger partial charge is 0.328 e. The number of hydrogen-bond acceptors (Lipinski definition) is 7. The molecule has 0 radical (unpaired) electrons. The summed E-state index contributed by atoms with van der Waals surface area (Å²) in [5.74, 6) is -1.93. The second kappa shape index (κ2) is 14.5. The molecule has 3 atom stereocenters. The van der Waals surface area contributed by atoms with Crippen LogP contribution in [-0.2, 0) is 30.3 Å². The number of carbonyl (C=O) groups is 4. The first-order chi connectivity index (χ1) is 17.2. The van der Waals surface area contributed by atoms with Gasteiger partial charge in [-0.3, -0.25) is 19.4 Å². The molecule has 1 aromatic carbocycles. The van der Waals surface area contributed by atoms with Crippen LogP contribution in [0.25, 0.3) is 0 Å². The van der Waals surface area contributed by atoms with Gasteiger partial charge in [0.2, 0.25) is 11.8 Å². The lowest BCUT2D eigenvalue weighted by Crippen LogP contribution is -2.46. The molecule has 11 heteroatoms. The first-order valence-electron chi connectivity index (χ1n) is 11.8. The van der Waals surface area contributed by atoms with E-state index in [1.807, 2.05) is 12.1 Å². The summed E-state index contributed by atoms with van der Waals surface area (Å²) in [6.07, 6.45) is 4.51. The number of methoxy groups -OCH3 is 1. The first kappa shape index (κ1) is 28.3. The van der Waals surface area contributed by atoms with Crippen molar-refractivity contribution >= 4 is 29.5 Å². The summed E-state index contributed by atoms with van der Waals surface area (Å²) in [7, 11) is 1.24. The molecule has 0 spiro atoms. The quantitative estimate of drug-likeness (QED) is 0.142. The van der Waals surface area contributed by atoms with Gasteiger partial charge in [0.05, 0.1) is 13.2 Å². The van der Waals surface area contributed by atoms with Crippen LogP contribution in [0.3, 0.4) is 0 Å². The highest BCUT2D eigenvalue weighted by atomic mass is 16.5. The van der Waals surface area contributed by atoms with Crippen molar-refractivity contribution in [3.8, 4) is 5.75 Å². The second-order valence-corrected chi connectivity index (χ2v) is 8.52. The Balaban J connectivity index is 2.34. The summed E-state index contributed by atoms with van der Waals surface area (Å²) in [5, 5.41) is 5.40. The number of carbonyl (C=O) groups excluding carboxylic acids is 4. The molecule has 3 rings (SSSR count). The van der Waals surface area contributed by atoms with E-state index in [-0.39, 0.29) is 50.1 Å². The summed E-state index contributed by atoms with van der Waals surface area (Å²) in [4.78, 5) is 54.5. The highest BCUT2D eigenvalue weighted by Crippen LogP contribution is 2.18. The van der Waals surface area contributed by atoms with Crippen LogP contribution in [0, 0.1) is 5.92 Å². The van der Waals surface area contributed by atoms with Crippen LogP contribution < -0.4 is 26.8 Å². The zero-order chi connectivity index (χ0) is 26.5. The van der Waals surface area contributed by atoms with Gasteiger partial charge in [-0.25, -0.2) is 4.79 Å². The molecule has 196 valence electrons. The van der Waals surface area contributed by atoms with Crippen LogP contribution >= 0.6 is 0 Å². The van der Waals surface area contributed by atoms with Gasteiger partial charge >= 0.3 is 5.97 Å². The van der Waals surface area contributed by atoms with E-state index in [4.69, 9.17) is 20.9 Å². The van der Waals surface area contributed by atoms with Crippen molar-refractivity contribution in [3.63, 3.8) is 0 Å². The fourth-order valence-corrected chi connectivity index (χ4v) is 3.80. The lowest BCUT2D eigenvalue weighted by molar-refractivity contribution is -0.145. The average Bonchev–Trinajstić information content (AvgIpc) is 2.84. The molecule has 1 aromatic rings. The molecular weight excluding hydrogens is 466 g/mol. The van der Waals surface area contributed by atoms with Crippen molar-refractivity contribution < 1.29 is 28.7 Å². The monoisotopic (exact) mass is 501 g/mol. The fraction of sp³-hybridized carbons (Fsp3) is 0.480. The summed E-state index contributed by atoms with van der Waals surface area (Å²) < 4.78 is 10.5.